The van der Waals surface area contributed by atoms with Crippen LogP contribution in [0.2, 0.25) is 0 Å². The summed E-state index contributed by atoms with van der Waals surface area (Å²) in [7, 11) is 0. The second-order valence-corrected chi connectivity index (χ2v) is 14.6. The highest BCUT2D eigenvalue weighted by Gasteiger charge is 2.12. The predicted octanol–water partition coefficient (Wildman–Crippen LogP) is 14.7. The van der Waals surface area contributed by atoms with E-state index in [2.05, 4.69) is 116 Å². The largest absolute Gasteiger partial charge is 0.0656 e. The lowest BCUT2D eigenvalue weighted by Crippen LogP contribution is -2.04. The van der Waals surface area contributed by atoms with Crippen LogP contribution in [-0.4, -0.2) is 0 Å². The minimum atomic E-state index is 0.500. The molecule has 0 amide bonds. The van der Waals surface area contributed by atoms with Crippen molar-refractivity contribution in [1.82, 2.24) is 0 Å². The molecule has 0 heterocycles. The van der Waals surface area contributed by atoms with E-state index in [1.807, 2.05) is 18.2 Å². The van der Waals surface area contributed by atoms with Crippen molar-refractivity contribution in [2.24, 2.45) is 29.1 Å². The molecule has 0 unspecified atom stereocenters. The molecule has 0 bridgehead atoms. The van der Waals surface area contributed by atoms with Gasteiger partial charge >= 0.3 is 0 Å². The van der Waals surface area contributed by atoms with Crippen molar-refractivity contribution in [3.8, 4) is 0 Å². The molecule has 236 valence electrons. The third kappa shape index (κ3) is 72.6. The molecule has 4 rings (SSSR count). The van der Waals surface area contributed by atoms with Gasteiger partial charge in [0.1, 0.15) is 0 Å². The Labute approximate surface area is 251 Å². The summed E-state index contributed by atoms with van der Waals surface area (Å²) in [6.07, 6.45) is 18.8. The first-order valence-corrected chi connectivity index (χ1v) is 17.2. The maximum atomic E-state index is 2.36. The van der Waals surface area contributed by atoms with Crippen molar-refractivity contribution in [1.29, 1.82) is 0 Å². The average Bonchev–Trinajstić information content (AvgIpc) is 3.61. The summed E-state index contributed by atoms with van der Waals surface area (Å²) in [4.78, 5) is 0. The molecule has 0 atom stereocenters. The van der Waals surface area contributed by atoms with Crippen LogP contribution in [0.3, 0.4) is 0 Å². The van der Waals surface area contributed by atoms with Crippen molar-refractivity contribution in [3.05, 3.63) is 35.9 Å². The second kappa shape index (κ2) is 33.4. The van der Waals surface area contributed by atoms with Crippen molar-refractivity contribution < 1.29 is 0 Å². The van der Waals surface area contributed by atoms with Gasteiger partial charge in [0, 0.05) is 0 Å². The molecule has 3 saturated carbocycles. The summed E-state index contributed by atoms with van der Waals surface area (Å²) in [5.41, 5.74) is 1.82. The molecule has 0 heteroatoms. The van der Waals surface area contributed by atoms with Crippen molar-refractivity contribution in [3.63, 3.8) is 0 Å². The average molecular weight is 549 g/mol. The maximum Gasteiger partial charge on any atom is -0.0398 e. The molecule has 0 nitrogen and oxygen atoms in total. The number of aryl methyl sites for hydroxylation is 1. The normalized spacial score (nSPS) is 15.8. The summed E-state index contributed by atoms with van der Waals surface area (Å²) in [6, 6.07) is 10.3. The first-order valence-electron chi connectivity index (χ1n) is 17.2. The number of hydrogen-bond donors (Lipinski definition) is 0. The van der Waals surface area contributed by atoms with E-state index in [0.29, 0.717) is 5.41 Å². The summed E-state index contributed by atoms with van der Waals surface area (Å²) in [5.74, 6) is 4.02. The number of rotatable bonds is 1. The Kier molecular flexibility index (Phi) is 38.8. The second-order valence-electron chi connectivity index (χ2n) is 14.6. The van der Waals surface area contributed by atoms with Crippen LogP contribution in [0.5, 0.6) is 0 Å². The van der Waals surface area contributed by atoms with Crippen LogP contribution in [0.25, 0.3) is 0 Å². The lowest BCUT2D eigenvalue weighted by atomic mass is 9.88. The molecule has 3 fully saturated rings. The number of benzene rings is 1. The number of hydrogen-bond acceptors (Lipinski definition) is 0. The van der Waals surface area contributed by atoms with E-state index in [1.165, 1.54) is 89.0 Å². The minimum Gasteiger partial charge on any atom is -0.0656 e. The van der Waals surface area contributed by atoms with Crippen LogP contribution in [0.1, 0.15) is 186 Å². The Morgan fingerprint density at radius 2 is 0.872 bits per heavy atom. The smallest absolute Gasteiger partial charge is 0.0398 e. The van der Waals surface area contributed by atoms with Gasteiger partial charge in [0.2, 0.25) is 0 Å². The van der Waals surface area contributed by atoms with Gasteiger partial charge in [0.25, 0.3) is 0 Å². The Balaban J connectivity index is -0.000000183. The van der Waals surface area contributed by atoms with Crippen molar-refractivity contribution in [2.45, 2.75) is 187 Å². The molecule has 0 N–H and O–H groups in total. The monoisotopic (exact) mass is 549 g/mol. The first-order chi connectivity index (χ1) is 18.1. The van der Waals surface area contributed by atoms with Crippen LogP contribution in [0, 0.1) is 36.0 Å². The summed E-state index contributed by atoms with van der Waals surface area (Å²) < 4.78 is 0. The van der Waals surface area contributed by atoms with Crippen molar-refractivity contribution in [2.75, 3.05) is 0 Å². The Morgan fingerprint density at radius 1 is 0.590 bits per heavy atom. The SMILES string of the molecule is CC(C)(C)C.CC(C)C.CC1CC1.CC1CCC1.CC1CCCCC1.CCC.CCCC.Cc1ccccc1. The highest BCUT2D eigenvalue weighted by molar-refractivity contribution is 5.11. The molecule has 39 heavy (non-hydrogen) atoms. The first kappa shape index (κ1) is 45.2. The van der Waals surface area contributed by atoms with Crippen LogP contribution in [0.4, 0.5) is 0 Å². The van der Waals surface area contributed by atoms with E-state index in [9.17, 15) is 0 Å². The molecular formula is C39H80. The molecule has 3 aliphatic rings. The van der Waals surface area contributed by atoms with E-state index in [1.54, 1.807) is 0 Å². The molecular weight excluding hydrogens is 468 g/mol. The zero-order valence-corrected chi connectivity index (χ0v) is 30.4. The van der Waals surface area contributed by atoms with E-state index < -0.39 is 0 Å². The van der Waals surface area contributed by atoms with Gasteiger partial charge in [-0.05, 0) is 36.0 Å². The highest BCUT2D eigenvalue weighted by Crippen LogP contribution is 2.26. The zero-order chi connectivity index (χ0) is 31.1. The van der Waals surface area contributed by atoms with Gasteiger partial charge in [0.05, 0.1) is 0 Å². The summed E-state index contributed by atoms with van der Waals surface area (Å²) in [6.45, 7) is 32.9. The highest BCUT2D eigenvalue weighted by atomic mass is 14.2. The number of unbranched alkanes of at least 4 members (excludes halogenated alkanes) is 1. The Hall–Kier alpha value is -0.780. The van der Waals surface area contributed by atoms with Crippen molar-refractivity contribution >= 4 is 0 Å². The molecule has 0 aliphatic heterocycles. The molecule has 0 spiro atoms. The summed E-state index contributed by atoms with van der Waals surface area (Å²) in [5, 5.41) is 0. The zero-order valence-electron chi connectivity index (χ0n) is 30.4. The lowest BCUT2D eigenvalue weighted by Gasteiger charge is -2.18. The minimum absolute atomic E-state index is 0.500. The van der Waals surface area contributed by atoms with E-state index >= 15 is 0 Å². The lowest BCUT2D eigenvalue weighted by molar-refractivity contribution is 0.346. The molecule has 0 radical (unpaired) electrons. The van der Waals surface area contributed by atoms with E-state index in [-0.39, 0.29) is 0 Å². The fourth-order valence-electron chi connectivity index (χ4n) is 2.62. The Bertz CT molecular complexity index is 496. The molecule has 0 saturated heterocycles. The molecule has 0 aromatic heterocycles. The predicted molar refractivity (Wildman–Crippen MR) is 187 cm³/mol. The van der Waals surface area contributed by atoms with Gasteiger partial charge in [-0.1, -0.05) is 216 Å². The molecule has 1 aromatic rings. The van der Waals surface area contributed by atoms with E-state index in [4.69, 9.17) is 0 Å². The maximum absolute atomic E-state index is 2.36. The van der Waals surface area contributed by atoms with Crippen LogP contribution in [-0.2, 0) is 0 Å². The summed E-state index contributed by atoms with van der Waals surface area (Å²) >= 11 is 0. The van der Waals surface area contributed by atoms with Crippen LogP contribution < -0.4 is 0 Å². The fourth-order valence-corrected chi connectivity index (χ4v) is 2.62. The fraction of sp³-hybridized carbons (Fsp3) is 0.846. The van der Waals surface area contributed by atoms with Gasteiger partial charge in [-0.3, -0.25) is 0 Å². The quantitative estimate of drug-likeness (QED) is 0.327. The van der Waals surface area contributed by atoms with Gasteiger partial charge < -0.3 is 0 Å². The van der Waals surface area contributed by atoms with Gasteiger partial charge in [0.15, 0.2) is 0 Å². The van der Waals surface area contributed by atoms with Crippen LogP contribution in [0.15, 0.2) is 30.3 Å². The van der Waals surface area contributed by atoms with Gasteiger partial charge in [-0.25, -0.2) is 0 Å². The Morgan fingerprint density at radius 3 is 0.974 bits per heavy atom. The standard InChI is InChI=1S/C7H14.C7H8.C5H10.C5H12.C4H8.2C4H10.C3H8/c2*1-7-5-3-2-4-6-7;1-5-3-2-4-5;1-5(2,3)4;1-4-2-3-4;1-4(2)3;1-3-4-2;1-3-2/h7H,2-6H2,1H3;2-6H,1H3;5H,2-4H2,1H3;1-4H3;4H,2-3H2,1H3;4H,1-3H3;3-4H2,1-2H3;3H2,1-2H3. The van der Waals surface area contributed by atoms with Gasteiger partial charge in [-0.2, -0.15) is 0 Å². The third-order valence-electron chi connectivity index (χ3n) is 5.59. The third-order valence-corrected chi connectivity index (χ3v) is 5.59. The topological polar surface area (TPSA) is 0 Å². The van der Waals surface area contributed by atoms with Gasteiger partial charge in [-0.15, -0.1) is 0 Å². The van der Waals surface area contributed by atoms with Crippen LogP contribution >= 0.6 is 0 Å². The molecule has 1 aromatic carbocycles. The molecule has 3 aliphatic carbocycles. The van der Waals surface area contributed by atoms with E-state index in [0.717, 1.165) is 23.7 Å².